The summed E-state index contributed by atoms with van der Waals surface area (Å²) in [6.07, 6.45) is 10.4. The zero-order chi connectivity index (χ0) is 25.1. The fraction of sp³-hybridized carbons (Fsp3) is 0.217. The topological polar surface area (TPSA) is 183 Å². The molecule has 2 amide bonds. The monoisotopic (exact) mass is 511 g/mol. The number of hydrogen-bond donors (Lipinski definition) is 2. The molecule has 0 aliphatic rings. The summed E-state index contributed by atoms with van der Waals surface area (Å²) in [5.41, 5.74) is 11.5. The van der Waals surface area contributed by atoms with Gasteiger partial charge in [0.15, 0.2) is 0 Å². The van der Waals surface area contributed by atoms with Crippen molar-refractivity contribution in [1.82, 2.24) is 9.97 Å². The van der Waals surface area contributed by atoms with Gasteiger partial charge in [0.2, 0.25) is 11.8 Å². The Morgan fingerprint density at radius 2 is 1.41 bits per heavy atom. The molecule has 2 aromatic heterocycles. The van der Waals surface area contributed by atoms with E-state index in [2.05, 4.69) is 20.0 Å². The van der Waals surface area contributed by atoms with Crippen LogP contribution in [0.5, 0.6) is 0 Å². The zero-order valence-corrected chi connectivity index (χ0v) is 20.2. The number of allylic oxidation sites excluding steroid dienone is 4. The Bertz CT molecular complexity index is 920. The van der Waals surface area contributed by atoms with E-state index in [9.17, 15) is 19.8 Å². The Morgan fingerprint density at radius 1 is 0.912 bits per heavy atom. The smallest absolute Gasteiger partial charge is 0.876 e. The number of aliphatic imine (C=N–C) groups is 2. The molecule has 0 unspecified atom stereocenters. The molecule has 0 saturated carbocycles. The van der Waals surface area contributed by atoms with Crippen molar-refractivity contribution in [2.24, 2.45) is 21.5 Å². The first-order valence-electron chi connectivity index (χ1n) is 9.73. The Balaban J connectivity index is 0. The minimum Gasteiger partial charge on any atom is -0.876 e. The molecule has 0 aliphatic heterocycles. The van der Waals surface area contributed by atoms with Crippen molar-refractivity contribution < 1.29 is 36.6 Å². The Hall–Kier alpha value is -3.83. The quantitative estimate of drug-likeness (QED) is 0.308. The number of hydrogen-bond acceptors (Lipinski definition) is 8. The van der Waals surface area contributed by atoms with E-state index in [4.69, 9.17) is 11.5 Å². The van der Waals surface area contributed by atoms with Gasteiger partial charge in [-0.15, -0.1) is 11.5 Å². The number of aromatic nitrogens is 2. The van der Waals surface area contributed by atoms with Crippen molar-refractivity contribution in [3.63, 3.8) is 0 Å². The van der Waals surface area contributed by atoms with Gasteiger partial charge in [0.25, 0.3) is 0 Å². The third-order valence-corrected chi connectivity index (χ3v) is 3.31. The SMILES string of the molecule is CC(/C=C(/C)[O-])=NCCN=C/C=C(/C)[O-].NC(=O)c1cccnc1.NC(=O)c1cccnc1.[Co+2]. The molecule has 0 atom stereocenters. The molecule has 4 N–H and O–H groups in total. The molecule has 0 bridgehead atoms. The number of carbonyl (C=O) groups is 2. The summed E-state index contributed by atoms with van der Waals surface area (Å²) in [6, 6.07) is 6.57. The van der Waals surface area contributed by atoms with Crippen LogP contribution in [-0.4, -0.2) is 46.8 Å². The molecule has 10 nitrogen and oxygen atoms in total. The van der Waals surface area contributed by atoms with Crippen LogP contribution in [0.3, 0.4) is 0 Å². The van der Waals surface area contributed by atoms with Crippen molar-refractivity contribution in [3.8, 4) is 0 Å². The molecule has 0 aromatic carbocycles. The summed E-state index contributed by atoms with van der Waals surface area (Å²) in [5, 5.41) is 21.1. The van der Waals surface area contributed by atoms with Gasteiger partial charge in [-0.3, -0.25) is 29.5 Å². The van der Waals surface area contributed by atoms with Crippen LogP contribution >= 0.6 is 0 Å². The third-order valence-electron chi connectivity index (χ3n) is 3.31. The summed E-state index contributed by atoms with van der Waals surface area (Å²) in [4.78, 5) is 36.2. The molecule has 2 aromatic rings. The van der Waals surface area contributed by atoms with Gasteiger partial charge in [0, 0.05) is 36.7 Å². The minimum absolute atomic E-state index is 0. The van der Waals surface area contributed by atoms with E-state index in [1.165, 1.54) is 44.6 Å². The molecule has 11 heteroatoms. The fourth-order valence-corrected chi connectivity index (χ4v) is 1.87. The van der Waals surface area contributed by atoms with Gasteiger partial charge in [0.1, 0.15) is 0 Å². The first-order valence-corrected chi connectivity index (χ1v) is 9.73. The molecule has 183 valence electrons. The van der Waals surface area contributed by atoms with Crippen LogP contribution in [-0.2, 0) is 16.8 Å². The maximum absolute atomic E-state index is 10.7. The van der Waals surface area contributed by atoms with E-state index in [1.54, 1.807) is 43.6 Å². The fourth-order valence-electron chi connectivity index (χ4n) is 1.87. The van der Waals surface area contributed by atoms with Crippen molar-refractivity contribution >= 4 is 23.7 Å². The van der Waals surface area contributed by atoms with Crippen LogP contribution in [0.15, 0.2) is 82.7 Å². The van der Waals surface area contributed by atoms with Crippen LogP contribution in [0.25, 0.3) is 0 Å². The number of rotatable bonds is 7. The van der Waals surface area contributed by atoms with Crippen LogP contribution in [0.1, 0.15) is 41.5 Å². The average molecular weight is 511 g/mol. The molecular formula is C23H28CoN6O4. The first-order chi connectivity index (χ1) is 15.6. The maximum Gasteiger partial charge on any atom is 2.00 e. The molecule has 0 fully saturated rings. The van der Waals surface area contributed by atoms with Crippen LogP contribution in [0.4, 0.5) is 0 Å². The largest absolute Gasteiger partial charge is 2.00 e. The number of carbonyl (C=O) groups excluding carboxylic acids is 2. The number of pyridine rings is 2. The van der Waals surface area contributed by atoms with Crippen molar-refractivity contribution in [2.45, 2.75) is 20.8 Å². The molecule has 0 spiro atoms. The van der Waals surface area contributed by atoms with Gasteiger partial charge in [0.05, 0.1) is 24.2 Å². The Labute approximate surface area is 209 Å². The molecule has 1 radical (unpaired) electrons. The van der Waals surface area contributed by atoms with Gasteiger partial charge < -0.3 is 21.7 Å². The standard InChI is InChI=1S/C11H18N2O2.2C6H6N2O.Co/c1-9(8-11(3)15)13-7-6-12-5-4-10(2)14;2*7-6(9)5-2-1-3-8-4-5;/h4-5,8,14-15H,6-7H2,1-3H3;2*1-4H,(H2,7,9);/q;;;+2/p-2/b10-4-,11-8-,12-5?,13-9?;;;. The van der Waals surface area contributed by atoms with Gasteiger partial charge in [-0.25, -0.2) is 0 Å². The first kappa shape index (κ1) is 32.3. The average Bonchev–Trinajstić information content (AvgIpc) is 2.77. The van der Waals surface area contributed by atoms with E-state index in [-0.39, 0.29) is 28.3 Å². The van der Waals surface area contributed by atoms with E-state index in [1.807, 2.05) is 0 Å². The Morgan fingerprint density at radius 3 is 1.74 bits per heavy atom. The van der Waals surface area contributed by atoms with E-state index in [0.29, 0.717) is 29.9 Å². The van der Waals surface area contributed by atoms with Crippen molar-refractivity contribution in [3.05, 3.63) is 83.9 Å². The number of nitrogens with zero attached hydrogens (tertiary/aromatic N) is 4. The number of amides is 2. The second kappa shape index (κ2) is 19.8. The summed E-state index contributed by atoms with van der Waals surface area (Å²) < 4.78 is 0. The predicted octanol–water partition coefficient (Wildman–Crippen LogP) is 0.405. The third kappa shape index (κ3) is 18.9. The predicted molar refractivity (Wildman–Crippen MR) is 124 cm³/mol. The van der Waals surface area contributed by atoms with Gasteiger partial charge in [-0.2, -0.15) is 0 Å². The van der Waals surface area contributed by atoms with Crippen LogP contribution < -0.4 is 21.7 Å². The molecule has 2 rings (SSSR count). The van der Waals surface area contributed by atoms with Crippen LogP contribution in [0.2, 0.25) is 0 Å². The molecule has 34 heavy (non-hydrogen) atoms. The van der Waals surface area contributed by atoms with Gasteiger partial charge in [-0.1, -0.05) is 26.0 Å². The maximum atomic E-state index is 10.7. The second-order valence-electron chi connectivity index (χ2n) is 6.32. The molecule has 0 saturated heterocycles. The molecular weight excluding hydrogens is 483 g/mol. The summed E-state index contributed by atoms with van der Waals surface area (Å²) in [5.74, 6) is -0.917. The molecule has 0 aliphatic carbocycles. The van der Waals surface area contributed by atoms with Gasteiger partial charge in [-0.05, 0) is 31.2 Å². The molecule has 2 heterocycles. The summed E-state index contributed by atoms with van der Waals surface area (Å²) in [6.45, 7) is 5.77. The number of primary amides is 2. The second-order valence-corrected chi connectivity index (χ2v) is 6.32. The number of nitrogens with two attached hydrogens (primary N) is 2. The van der Waals surface area contributed by atoms with Crippen molar-refractivity contribution in [1.29, 1.82) is 0 Å². The summed E-state index contributed by atoms with van der Waals surface area (Å²) >= 11 is 0. The van der Waals surface area contributed by atoms with Crippen molar-refractivity contribution in [2.75, 3.05) is 13.1 Å². The minimum atomic E-state index is -0.442. The van der Waals surface area contributed by atoms with E-state index >= 15 is 0 Å². The zero-order valence-electron chi connectivity index (χ0n) is 19.2. The summed E-state index contributed by atoms with van der Waals surface area (Å²) in [7, 11) is 0. The van der Waals surface area contributed by atoms with E-state index in [0.717, 1.165) is 0 Å². The van der Waals surface area contributed by atoms with Gasteiger partial charge >= 0.3 is 16.8 Å². The van der Waals surface area contributed by atoms with E-state index < -0.39 is 11.8 Å². The van der Waals surface area contributed by atoms with Crippen LogP contribution in [0, 0.1) is 0 Å². The Kier molecular flexibility index (Phi) is 18.9. The normalized spacial score (nSPS) is 11.3.